The summed E-state index contributed by atoms with van der Waals surface area (Å²) in [4.78, 5) is 11.6. The monoisotopic (exact) mass is 190 g/mol. The van der Waals surface area contributed by atoms with Crippen LogP contribution in [0.25, 0.3) is 0 Å². The van der Waals surface area contributed by atoms with Gasteiger partial charge in [0.2, 0.25) is 0 Å². The smallest absolute Gasteiger partial charge is 0.137 e. The number of hydrogen-bond acceptors (Lipinski definition) is 1. The van der Waals surface area contributed by atoms with E-state index in [9.17, 15) is 4.79 Å². The highest BCUT2D eigenvalue weighted by atomic mass is 16.1. The van der Waals surface area contributed by atoms with Crippen molar-refractivity contribution >= 4 is 5.78 Å². The predicted molar refractivity (Wildman–Crippen MR) is 59.3 cm³/mol. The molecule has 1 heteroatoms. The van der Waals surface area contributed by atoms with Gasteiger partial charge in [0.25, 0.3) is 0 Å². The zero-order chi connectivity index (χ0) is 10.6. The van der Waals surface area contributed by atoms with Crippen molar-refractivity contribution in [3.8, 4) is 0 Å². The number of carbonyl (C=O) groups is 1. The Hall–Kier alpha value is -1.11. The van der Waals surface area contributed by atoms with E-state index in [4.69, 9.17) is 0 Å². The largest absolute Gasteiger partial charge is 0.299 e. The Kier molecular flexibility index (Phi) is 3.87. The highest BCUT2D eigenvalue weighted by Crippen LogP contribution is 2.10. The highest BCUT2D eigenvalue weighted by Gasteiger charge is 2.07. The molecule has 1 nitrogen and oxygen atoms in total. The molecule has 1 aromatic carbocycles. The van der Waals surface area contributed by atoms with E-state index in [0.717, 1.165) is 5.56 Å². The number of ketones is 1. The molecule has 0 saturated heterocycles. The van der Waals surface area contributed by atoms with Crippen LogP contribution in [0.2, 0.25) is 0 Å². The van der Waals surface area contributed by atoms with E-state index in [0.29, 0.717) is 24.5 Å². The number of carbonyl (C=O) groups excluding carboxylic acids is 1. The molecule has 0 spiro atoms. The van der Waals surface area contributed by atoms with E-state index >= 15 is 0 Å². The molecular formula is C13H18O. The van der Waals surface area contributed by atoms with Gasteiger partial charge in [-0.1, -0.05) is 38.1 Å². The molecular weight excluding hydrogens is 172 g/mol. The van der Waals surface area contributed by atoms with Gasteiger partial charge in [0.1, 0.15) is 5.78 Å². The second kappa shape index (κ2) is 4.94. The molecule has 0 N–H and O–H groups in total. The Morgan fingerprint density at radius 2 is 1.93 bits per heavy atom. The Bertz CT molecular complexity index is 313. The van der Waals surface area contributed by atoms with Gasteiger partial charge in [0, 0.05) is 12.8 Å². The van der Waals surface area contributed by atoms with Gasteiger partial charge >= 0.3 is 0 Å². The second-order valence-electron chi connectivity index (χ2n) is 4.24. The maximum atomic E-state index is 11.6. The topological polar surface area (TPSA) is 17.1 Å². The van der Waals surface area contributed by atoms with Gasteiger partial charge in [0.15, 0.2) is 0 Å². The van der Waals surface area contributed by atoms with Crippen molar-refractivity contribution in [3.05, 3.63) is 35.4 Å². The zero-order valence-corrected chi connectivity index (χ0v) is 9.21. The first kappa shape index (κ1) is 11.0. The van der Waals surface area contributed by atoms with Crippen LogP contribution in [0.5, 0.6) is 0 Å². The summed E-state index contributed by atoms with van der Waals surface area (Å²) in [6, 6.07) is 8.09. The van der Waals surface area contributed by atoms with Gasteiger partial charge in [-0.15, -0.1) is 0 Å². The molecule has 0 aliphatic heterocycles. The number of hydrogen-bond donors (Lipinski definition) is 0. The number of benzene rings is 1. The maximum Gasteiger partial charge on any atom is 0.137 e. The molecule has 0 fully saturated rings. The van der Waals surface area contributed by atoms with Crippen molar-refractivity contribution in [1.29, 1.82) is 0 Å². The Morgan fingerprint density at radius 3 is 2.50 bits per heavy atom. The first-order valence-corrected chi connectivity index (χ1v) is 5.16. The van der Waals surface area contributed by atoms with Crippen molar-refractivity contribution in [2.75, 3.05) is 0 Å². The van der Waals surface area contributed by atoms with Gasteiger partial charge in [-0.3, -0.25) is 4.79 Å². The molecule has 0 saturated carbocycles. The summed E-state index contributed by atoms with van der Waals surface area (Å²) in [5.41, 5.74) is 2.38. The minimum Gasteiger partial charge on any atom is -0.299 e. The lowest BCUT2D eigenvalue weighted by atomic mass is 9.98. The molecule has 0 radical (unpaired) electrons. The van der Waals surface area contributed by atoms with E-state index < -0.39 is 0 Å². The van der Waals surface area contributed by atoms with Crippen LogP contribution in [0.1, 0.15) is 31.4 Å². The fraction of sp³-hybridized carbons (Fsp3) is 0.462. The summed E-state index contributed by atoms with van der Waals surface area (Å²) in [5, 5.41) is 0. The van der Waals surface area contributed by atoms with E-state index in [1.54, 1.807) is 0 Å². The third-order valence-electron chi connectivity index (χ3n) is 2.28. The van der Waals surface area contributed by atoms with Crippen molar-refractivity contribution in [2.24, 2.45) is 5.92 Å². The second-order valence-corrected chi connectivity index (χ2v) is 4.24. The van der Waals surface area contributed by atoms with Crippen LogP contribution in [0.15, 0.2) is 24.3 Å². The van der Waals surface area contributed by atoms with E-state index in [1.165, 1.54) is 5.56 Å². The van der Waals surface area contributed by atoms with Gasteiger partial charge < -0.3 is 0 Å². The molecule has 0 unspecified atom stereocenters. The summed E-state index contributed by atoms with van der Waals surface area (Å²) in [5.74, 6) is 0.806. The molecule has 0 atom stereocenters. The fourth-order valence-electron chi connectivity index (χ4n) is 1.55. The van der Waals surface area contributed by atoms with Crippen LogP contribution in [0, 0.1) is 12.8 Å². The Labute approximate surface area is 86.1 Å². The number of Topliss-reactive ketones (excluding diaryl/α,β-unsaturated/α-hetero) is 1. The number of rotatable bonds is 4. The zero-order valence-electron chi connectivity index (χ0n) is 9.21. The van der Waals surface area contributed by atoms with Gasteiger partial charge in [-0.2, -0.15) is 0 Å². The summed E-state index contributed by atoms with van der Waals surface area (Å²) >= 11 is 0. The van der Waals surface area contributed by atoms with Gasteiger partial charge in [-0.05, 0) is 24.0 Å². The standard InChI is InChI=1S/C13H18O/c1-10(2)8-13(14)9-12-7-5-4-6-11(12)3/h4-7,10H,8-9H2,1-3H3. The molecule has 0 heterocycles. The molecule has 0 bridgehead atoms. The predicted octanol–water partition coefficient (Wildman–Crippen LogP) is 3.15. The lowest BCUT2D eigenvalue weighted by molar-refractivity contribution is -0.119. The SMILES string of the molecule is Cc1ccccc1CC(=O)CC(C)C. The van der Waals surface area contributed by atoms with Crippen LogP contribution < -0.4 is 0 Å². The van der Waals surface area contributed by atoms with Gasteiger partial charge in [-0.25, -0.2) is 0 Å². The van der Waals surface area contributed by atoms with Crippen molar-refractivity contribution in [3.63, 3.8) is 0 Å². The molecule has 1 aromatic rings. The third-order valence-corrected chi connectivity index (χ3v) is 2.28. The van der Waals surface area contributed by atoms with Crippen molar-refractivity contribution < 1.29 is 4.79 Å². The molecule has 0 amide bonds. The summed E-state index contributed by atoms with van der Waals surface area (Å²) in [6.45, 7) is 6.21. The number of aryl methyl sites for hydroxylation is 1. The molecule has 76 valence electrons. The lowest BCUT2D eigenvalue weighted by Crippen LogP contribution is -2.07. The summed E-state index contributed by atoms with van der Waals surface area (Å²) in [7, 11) is 0. The first-order chi connectivity index (χ1) is 6.59. The summed E-state index contributed by atoms with van der Waals surface area (Å²) in [6.07, 6.45) is 1.28. The van der Waals surface area contributed by atoms with Crippen LogP contribution in [0.3, 0.4) is 0 Å². The Morgan fingerprint density at radius 1 is 1.29 bits per heavy atom. The first-order valence-electron chi connectivity index (χ1n) is 5.16. The van der Waals surface area contributed by atoms with Crippen LogP contribution in [-0.4, -0.2) is 5.78 Å². The molecule has 0 aromatic heterocycles. The highest BCUT2D eigenvalue weighted by molar-refractivity contribution is 5.81. The average molecular weight is 190 g/mol. The molecule has 1 rings (SSSR count). The molecule has 0 aliphatic carbocycles. The van der Waals surface area contributed by atoms with E-state index in [2.05, 4.69) is 26.8 Å². The van der Waals surface area contributed by atoms with Crippen molar-refractivity contribution in [2.45, 2.75) is 33.6 Å². The minimum absolute atomic E-state index is 0.342. The summed E-state index contributed by atoms with van der Waals surface area (Å²) < 4.78 is 0. The molecule has 14 heavy (non-hydrogen) atoms. The fourth-order valence-corrected chi connectivity index (χ4v) is 1.55. The van der Waals surface area contributed by atoms with Crippen LogP contribution >= 0.6 is 0 Å². The quantitative estimate of drug-likeness (QED) is 0.712. The van der Waals surface area contributed by atoms with Gasteiger partial charge in [0.05, 0.1) is 0 Å². The van der Waals surface area contributed by atoms with Crippen LogP contribution in [0.4, 0.5) is 0 Å². The third kappa shape index (κ3) is 3.33. The average Bonchev–Trinajstić information content (AvgIpc) is 2.07. The van der Waals surface area contributed by atoms with Crippen molar-refractivity contribution in [1.82, 2.24) is 0 Å². The lowest BCUT2D eigenvalue weighted by Gasteiger charge is -2.06. The van der Waals surface area contributed by atoms with E-state index in [1.807, 2.05) is 18.2 Å². The van der Waals surface area contributed by atoms with Crippen LogP contribution in [-0.2, 0) is 11.2 Å². The maximum absolute atomic E-state index is 11.6. The normalized spacial score (nSPS) is 10.6. The molecule has 0 aliphatic rings. The van der Waals surface area contributed by atoms with E-state index in [-0.39, 0.29) is 0 Å². The Balaban J connectivity index is 2.61. The minimum atomic E-state index is 0.342.